The molecule has 132 valence electrons. The molecular formula is C18H27N3O3. The van der Waals surface area contributed by atoms with Gasteiger partial charge in [-0.25, -0.2) is 0 Å². The van der Waals surface area contributed by atoms with Gasteiger partial charge in [0, 0.05) is 44.4 Å². The van der Waals surface area contributed by atoms with Crippen molar-refractivity contribution >= 4 is 11.8 Å². The molecule has 1 aromatic rings. The van der Waals surface area contributed by atoms with Gasteiger partial charge in [0.05, 0.1) is 12.6 Å². The van der Waals surface area contributed by atoms with Crippen LogP contribution in [-0.2, 0) is 27.4 Å². The van der Waals surface area contributed by atoms with E-state index in [2.05, 4.69) is 9.88 Å². The molecule has 2 aliphatic rings. The van der Waals surface area contributed by atoms with Crippen molar-refractivity contribution in [3.8, 4) is 0 Å². The SMILES string of the molecule is CNC(=O)CC1CN(C(=O)COC2CCCC2)Cc2cccn2C1. The maximum Gasteiger partial charge on any atom is 0.248 e. The highest BCUT2D eigenvalue weighted by Gasteiger charge is 2.27. The van der Waals surface area contributed by atoms with Crippen LogP contribution in [0.15, 0.2) is 18.3 Å². The molecule has 1 aliphatic heterocycles. The lowest BCUT2D eigenvalue weighted by atomic mass is 10.0. The number of nitrogens with zero attached hydrogens (tertiary/aromatic N) is 2. The highest BCUT2D eigenvalue weighted by atomic mass is 16.5. The zero-order valence-electron chi connectivity index (χ0n) is 14.4. The largest absolute Gasteiger partial charge is 0.368 e. The molecule has 1 aromatic heterocycles. The Hall–Kier alpha value is -1.82. The molecule has 1 N–H and O–H groups in total. The summed E-state index contributed by atoms with van der Waals surface area (Å²) in [7, 11) is 1.65. The maximum atomic E-state index is 12.6. The summed E-state index contributed by atoms with van der Waals surface area (Å²) in [6.45, 7) is 2.10. The van der Waals surface area contributed by atoms with Crippen LogP contribution in [0, 0.1) is 5.92 Å². The Bertz CT molecular complexity index is 578. The third-order valence-electron chi connectivity index (χ3n) is 5.06. The van der Waals surface area contributed by atoms with Crippen LogP contribution in [0.2, 0.25) is 0 Å². The quantitative estimate of drug-likeness (QED) is 0.889. The van der Waals surface area contributed by atoms with Crippen LogP contribution < -0.4 is 5.32 Å². The third kappa shape index (κ3) is 4.17. The fourth-order valence-corrected chi connectivity index (χ4v) is 3.70. The second kappa shape index (κ2) is 7.83. The Morgan fingerprint density at radius 2 is 2.08 bits per heavy atom. The van der Waals surface area contributed by atoms with E-state index in [4.69, 9.17) is 4.74 Å². The van der Waals surface area contributed by atoms with Gasteiger partial charge in [0.1, 0.15) is 6.61 Å². The first kappa shape index (κ1) is 17.0. The minimum atomic E-state index is 0.0187. The summed E-state index contributed by atoms with van der Waals surface area (Å²) in [5.41, 5.74) is 1.11. The van der Waals surface area contributed by atoms with Gasteiger partial charge in [-0.15, -0.1) is 0 Å². The zero-order valence-corrected chi connectivity index (χ0v) is 14.4. The minimum Gasteiger partial charge on any atom is -0.368 e. The molecular weight excluding hydrogens is 306 g/mol. The summed E-state index contributed by atoms with van der Waals surface area (Å²) < 4.78 is 7.94. The van der Waals surface area contributed by atoms with E-state index < -0.39 is 0 Å². The van der Waals surface area contributed by atoms with E-state index in [9.17, 15) is 9.59 Å². The van der Waals surface area contributed by atoms with Crippen molar-refractivity contribution in [1.82, 2.24) is 14.8 Å². The number of ether oxygens (including phenoxy) is 1. The average Bonchev–Trinajstić information content (AvgIpc) is 3.21. The minimum absolute atomic E-state index is 0.0187. The predicted octanol–water partition coefficient (Wildman–Crippen LogP) is 1.54. The van der Waals surface area contributed by atoms with E-state index in [1.165, 1.54) is 12.8 Å². The lowest BCUT2D eigenvalue weighted by Gasteiger charge is -2.24. The van der Waals surface area contributed by atoms with Gasteiger partial charge in [-0.05, 0) is 25.0 Å². The second-order valence-electron chi connectivity index (χ2n) is 6.89. The first-order chi connectivity index (χ1) is 11.7. The molecule has 0 radical (unpaired) electrons. The zero-order chi connectivity index (χ0) is 16.9. The number of aromatic nitrogens is 1. The van der Waals surface area contributed by atoms with Crippen LogP contribution in [0.25, 0.3) is 0 Å². The monoisotopic (exact) mass is 333 g/mol. The molecule has 0 bridgehead atoms. The van der Waals surface area contributed by atoms with Gasteiger partial charge in [-0.3, -0.25) is 9.59 Å². The van der Waals surface area contributed by atoms with Gasteiger partial charge >= 0.3 is 0 Å². The van der Waals surface area contributed by atoms with Crippen molar-refractivity contribution < 1.29 is 14.3 Å². The van der Waals surface area contributed by atoms with Gasteiger partial charge in [0.25, 0.3) is 0 Å². The van der Waals surface area contributed by atoms with E-state index in [-0.39, 0.29) is 30.4 Å². The second-order valence-corrected chi connectivity index (χ2v) is 6.89. The number of hydrogen-bond donors (Lipinski definition) is 1. The Labute approximate surface area is 143 Å². The van der Waals surface area contributed by atoms with Gasteiger partial charge in [-0.1, -0.05) is 12.8 Å². The van der Waals surface area contributed by atoms with E-state index in [1.807, 2.05) is 23.2 Å². The van der Waals surface area contributed by atoms with E-state index in [0.717, 1.165) is 25.1 Å². The first-order valence-electron chi connectivity index (χ1n) is 8.89. The topological polar surface area (TPSA) is 63.6 Å². The van der Waals surface area contributed by atoms with Crippen LogP contribution in [0.4, 0.5) is 0 Å². The van der Waals surface area contributed by atoms with Crippen molar-refractivity contribution in [2.45, 2.75) is 51.3 Å². The number of fused-ring (bicyclic) bond motifs is 1. The molecule has 2 amide bonds. The van der Waals surface area contributed by atoms with Gasteiger partial charge in [-0.2, -0.15) is 0 Å². The van der Waals surface area contributed by atoms with E-state index >= 15 is 0 Å². The number of amides is 2. The fourth-order valence-electron chi connectivity index (χ4n) is 3.70. The molecule has 0 spiro atoms. The van der Waals surface area contributed by atoms with Crippen molar-refractivity contribution in [3.05, 3.63) is 24.0 Å². The normalized spacial score (nSPS) is 21.4. The van der Waals surface area contributed by atoms with Crippen molar-refractivity contribution in [2.75, 3.05) is 20.2 Å². The summed E-state index contributed by atoms with van der Waals surface area (Å²) in [4.78, 5) is 26.3. The van der Waals surface area contributed by atoms with Gasteiger partial charge in [0.2, 0.25) is 11.8 Å². The fraction of sp³-hybridized carbons (Fsp3) is 0.667. The lowest BCUT2D eigenvalue weighted by Crippen LogP contribution is -2.38. The molecule has 1 aliphatic carbocycles. The Morgan fingerprint density at radius 1 is 1.29 bits per heavy atom. The van der Waals surface area contributed by atoms with Crippen molar-refractivity contribution in [1.29, 1.82) is 0 Å². The molecule has 1 saturated carbocycles. The molecule has 6 heteroatoms. The Kier molecular flexibility index (Phi) is 5.56. The molecule has 1 fully saturated rings. The van der Waals surface area contributed by atoms with E-state index in [1.54, 1.807) is 7.05 Å². The van der Waals surface area contributed by atoms with Crippen LogP contribution >= 0.6 is 0 Å². The molecule has 1 atom stereocenters. The lowest BCUT2D eigenvalue weighted by molar-refractivity contribution is -0.139. The molecule has 2 heterocycles. The third-order valence-corrected chi connectivity index (χ3v) is 5.06. The maximum absolute atomic E-state index is 12.6. The summed E-state index contributed by atoms with van der Waals surface area (Å²) in [5.74, 6) is 0.165. The Morgan fingerprint density at radius 3 is 2.83 bits per heavy atom. The summed E-state index contributed by atoms with van der Waals surface area (Å²) in [5, 5.41) is 2.68. The number of hydrogen-bond acceptors (Lipinski definition) is 3. The molecule has 6 nitrogen and oxygen atoms in total. The standard InChI is InChI=1S/C18H27N3O3/c1-19-17(22)9-14-10-20-8-4-5-15(20)12-21(11-14)18(23)13-24-16-6-2-3-7-16/h4-5,8,14,16H,2-3,6-7,9-13H2,1H3,(H,19,22). The van der Waals surface area contributed by atoms with Crippen LogP contribution in [-0.4, -0.2) is 47.6 Å². The first-order valence-corrected chi connectivity index (χ1v) is 8.89. The number of nitrogens with one attached hydrogen (secondary N) is 1. The van der Waals surface area contributed by atoms with Gasteiger partial charge in [0.15, 0.2) is 0 Å². The van der Waals surface area contributed by atoms with Crippen LogP contribution in [0.1, 0.15) is 37.8 Å². The van der Waals surface area contributed by atoms with Crippen molar-refractivity contribution in [2.24, 2.45) is 5.92 Å². The highest BCUT2D eigenvalue weighted by molar-refractivity contribution is 5.78. The number of carbonyl (C=O) groups excluding carboxylic acids is 2. The molecule has 0 saturated heterocycles. The summed E-state index contributed by atoms with van der Waals surface area (Å²) >= 11 is 0. The smallest absolute Gasteiger partial charge is 0.248 e. The summed E-state index contributed by atoms with van der Waals surface area (Å²) in [6.07, 6.45) is 7.22. The molecule has 24 heavy (non-hydrogen) atoms. The highest BCUT2D eigenvalue weighted by Crippen LogP contribution is 2.22. The predicted molar refractivity (Wildman–Crippen MR) is 90.2 cm³/mol. The number of carbonyl (C=O) groups is 2. The Balaban J connectivity index is 1.64. The van der Waals surface area contributed by atoms with E-state index in [0.29, 0.717) is 19.5 Å². The van der Waals surface area contributed by atoms with Gasteiger partial charge < -0.3 is 19.5 Å². The number of rotatable bonds is 5. The van der Waals surface area contributed by atoms with Crippen LogP contribution in [0.5, 0.6) is 0 Å². The molecule has 1 unspecified atom stereocenters. The van der Waals surface area contributed by atoms with Crippen LogP contribution in [0.3, 0.4) is 0 Å². The van der Waals surface area contributed by atoms with Crippen molar-refractivity contribution in [3.63, 3.8) is 0 Å². The summed E-state index contributed by atoms with van der Waals surface area (Å²) in [6, 6.07) is 4.04. The molecule has 3 rings (SSSR count). The average molecular weight is 333 g/mol. The molecule has 0 aromatic carbocycles.